The highest BCUT2D eigenvalue weighted by atomic mass is 16.5. The van der Waals surface area contributed by atoms with Crippen LogP contribution in [0.15, 0.2) is 36.4 Å². The summed E-state index contributed by atoms with van der Waals surface area (Å²) in [5, 5.41) is 6.31. The van der Waals surface area contributed by atoms with Gasteiger partial charge in [0.15, 0.2) is 11.5 Å². The van der Waals surface area contributed by atoms with Crippen molar-refractivity contribution >= 4 is 11.8 Å². The second-order valence-electron chi connectivity index (χ2n) is 12.2. The molecule has 0 saturated carbocycles. The highest BCUT2D eigenvalue weighted by molar-refractivity contribution is 5.82. The molecule has 234 valence electrons. The van der Waals surface area contributed by atoms with E-state index in [-0.39, 0.29) is 17.2 Å². The Hall–Kier alpha value is -3.30. The molecule has 9 nitrogen and oxygen atoms in total. The summed E-state index contributed by atoms with van der Waals surface area (Å²) in [7, 11) is 3.30. The van der Waals surface area contributed by atoms with Crippen LogP contribution < -0.4 is 24.8 Å². The number of aryl methyl sites for hydroxylation is 1. The quantitative estimate of drug-likeness (QED) is 0.508. The van der Waals surface area contributed by atoms with Crippen LogP contribution in [-0.2, 0) is 29.0 Å². The van der Waals surface area contributed by atoms with Crippen LogP contribution in [0.1, 0.15) is 55.2 Å². The molecule has 1 saturated heterocycles. The number of ether oxygens (including phenoxy) is 3. The molecule has 2 aromatic carbocycles. The number of nitrogens with zero attached hydrogens (tertiary/aromatic N) is 2. The molecule has 2 N–H and O–H groups in total. The fourth-order valence-corrected chi connectivity index (χ4v) is 6.80. The van der Waals surface area contributed by atoms with Crippen molar-refractivity contribution in [2.45, 2.75) is 57.9 Å². The average Bonchev–Trinajstić information content (AvgIpc) is 3.04. The number of hydrogen-bond acceptors (Lipinski definition) is 7. The number of para-hydroxylation sites is 1. The Morgan fingerprint density at radius 1 is 0.930 bits per heavy atom. The van der Waals surface area contributed by atoms with Crippen molar-refractivity contribution in [3.63, 3.8) is 0 Å². The topological polar surface area (TPSA) is 92.4 Å². The Morgan fingerprint density at radius 2 is 1.70 bits per heavy atom. The Labute approximate surface area is 256 Å². The number of methoxy groups -OCH3 is 2. The minimum absolute atomic E-state index is 0.0522. The van der Waals surface area contributed by atoms with Crippen LogP contribution in [0.2, 0.25) is 0 Å². The molecule has 1 spiro atoms. The number of likely N-dealkylation sites (tertiary alicyclic amines) is 1. The average molecular weight is 593 g/mol. The first kappa shape index (κ1) is 31.1. The molecule has 9 heteroatoms. The SMILES string of the molecule is COc1cc2c(cc1OC)CN(CC(=O)NCCN1CCC3(CCCCCc4ccccc4OCCNC3=O)CC1)CC2. The van der Waals surface area contributed by atoms with Crippen molar-refractivity contribution in [2.24, 2.45) is 5.41 Å². The Balaban J connectivity index is 1.05. The van der Waals surface area contributed by atoms with E-state index >= 15 is 0 Å². The van der Waals surface area contributed by atoms with Crippen LogP contribution in [0.5, 0.6) is 17.2 Å². The van der Waals surface area contributed by atoms with E-state index < -0.39 is 0 Å². The van der Waals surface area contributed by atoms with E-state index in [1.165, 1.54) is 16.7 Å². The highest BCUT2D eigenvalue weighted by Gasteiger charge is 2.40. The largest absolute Gasteiger partial charge is 0.493 e. The number of piperidine rings is 1. The molecule has 0 radical (unpaired) electrons. The van der Waals surface area contributed by atoms with E-state index in [2.05, 4.69) is 38.6 Å². The number of benzene rings is 2. The van der Waals surface area contributed by atoms with Gasteiger partial charge in [-0.3, -0.25) is 14.5 Å². The second kappa shape index (κ2) is 14.9. The summed E-state index contributed by atoms with van der Waals surface area (Å²) in [6.45, 7) is 6.11. The van der Waals surface area contributed by atoms with Crippen molar-refractivity contribution in [1.29, 1.82) is 0 Å². The lowest BCUT2D eigenvalue weighted by atomic mass is 9.73. The summed E-state index contributed by atoms with van der Waals surface area (Å²) in [6.07, 6.45) is 7.83. The molecule has 2 amide bonds. The Kier molecular flexibility index (Phi) is 10.8. The van der Waals surface area contributed by atoms with Crippen LogP contribution in [0, 0.1) is 5.41 Å². The van der Waals surface area contributed by atoms with Crippen molar-refractivity contribution in [3.05, 3.63) is 53.1 Å². The van der Waals surface area contributed by atoms with Gasteiger partial charge in [-0.25, -0.2) is 0 Å². The third-order valence-electron chi connectivity index (χ3n) is 9.43. The van der Waals surface area contributed by atoms with Gasteiger partial charge in [0.25, 0.3) is 0 Å². The molecular weight excluding hydrogens is 544 g/mol. The summed E-state index contributed by atoms with van der Waals surface area (Å²) in [5.41, 5.74) is 3.38. The van der Waals surface area contributed by atoms with Crippen molar-refractivity contribution < 1.29 is 23.8 Å². The van der Waals surface area contributed by atoms with Crippen LogP contribution in [-0.4, -0.2) is 88.3 Å². The van der Waals surface area contributed by atoms with Gasteiger partial charge in [-0.1, -0.05) is 31.0 Å². The summed E-state index contributed by atoms with van der Waals surface area (Å²) in [5.74, 6) is 2.64. The van der Waals surface area contributed by atoms with Gasteiger partial charge < -0.3 is 29.7 Å². The Bertz CT molecular complexity index is 1240. The van der Waals surface area contributed by atoms with Gasteiger partial charge in [-0.2, -0.15) is 0 Å². The number of carbonyl (C=O) groups is 2. The van der Waals surface area contributed by atoms with Gasteiger partial charge in [-0.05, 0) is 86.5 Å². The number of carbonyl (C=O) groups excluding carboxylic acids is 2. The predicted octanol–water partition coefficient (Wildman–Crippen LogP) is 3.57. The van der Waals surface area contributed by atoms with Gasteiger partial charge in [0.1, 0.15) is 12.4 Å². The predicted molar refractivity (Wildman–Crippen MR) is 167 cm³/mol. The van der Waals surface area contributed by atoms with Gasteiger partial charge in [-0.15, -0.1) is 0 Å². The van der Waals surface area contributed by atoms with Gasteiger partial charge in [0, 0.05) is 26.2 Å². The maximum atomic E-state index is 13.4. The molecule has 43 heavy (non-hydrogen) atoms. The molecule has 2 aromatic rings. The van der Waals surface area contributed by atoms with Crippen LogP contribution in [0.25, 0.3) is 0 Å². The molecular formula is C34H48N4O5. The van der Waals surface area contributed by atoms with Gasteiger partial charge >= 0.3 is 0 Å². The molecule has 3 aliphatic rings. The molecule has 1 fully saturated rings. The number of hydrogen-bond donors (Lipinski definition) is 2. The van der Waals surface area contributed by atoms with Gasteiger partial charge in [0.05, 0.1) is 32.7 Å². The van der Waals surface area contributed by atoms with Crippen molar-refractivity contribution in [1.82, 2.24) is 20.4 Å². The van der Waals surface area contributed by atoms with Crippen LogP contribution >= 0.6 is 0 Å². The van der Waals surface area contributed by atoms with Crippen molar-refractivity contribution in [3.8, 4) is 17.2 Å². The number of rotatable bonds is 7. The molecule has 0 aliphatic carbocycles. The fraction of sp³-hybridized carbons (Fsp3) is 0.588. The van der Waals surface area contributed by atoms with Crippen LogP contribution in [0.4, 0.5) is 0 Å². The molecule has 5 rings (SSSR count). The maximum absolute atomic E-state index is 13.4. The Morgan fingerprint density at radius 3 is 2.49 bits per heavy atom. The number of nitrogens with one attached hydrogen (secondary N) is 2. The lowest BCUT2D eigenvalue weighted by Crippen LogP contribution is -2.50. The fourth-order valence-electron chi connectivity index (χ4n) is 6.80. The van der Waals surface area contributed by atoms with Gasteiger partial charge in [0.2, 0.25) is 11.8 Å². The third-order valence-corrected chi connectivity index (χ3v) is 9.43. The zero-order valence-corrected chi connectivity index (χ0v) is 25.9. The molecule has 0 bridgehead atoms. The summed E-state index contributed by atoms with van der Waals surface area (Å²) in [4.78, 5) is 30.8. The lowest BCUT2D eigenvalue weighted by molar-refractivity contribution is -0.134. The highest BCUT2D eigenvalue weighted by Crippen LogP contribution is 2.38. The first-order valence-electron chi connectivity index (χ1n) is 15.9. The second-order valence-corrected chi connectivity index (χ2v) is 12.2. The van der Waals surface area contributed by atoms with E-state index in [0.29, 0.717) is 26.2 Å². The lowest BCUT2D eigenvalue weighted by Gasteiger charge is -2.41. The molecule has 0 unspecified atom stereocenters. The first-order chi connectivity index (χ1) is 21.0. The number of amides is 2. The maximum Gasteiger partial charge on any atom is 0.234 e. The zero-order chi connectivity index (χ0) is 30.1. The first-order valence-corrected chi connectivity index (χ1v) is 15.9. The van der Waals surface area contributed by atoms with E-state index in [1.807, 2.05) is 18.2 Å². The summed E-state index contributed by atoms with van der Waals surface area (Å²) >= 11 is 0. The molecule has 0 atom stereocenters. The van der Waals surface area contributed by atoms with E-state index in [1.54, 1.807) is 14.2 Å². The summed E-state index contributed by atoms with van der Waals surface area (Å²) < 4.78 is 16.9. The van der Waals surface area contributed by atoms with E-state index in [0.717, 1.165) is 101 Å². The smallest absolute Gasteiger partial charge is 0.234 e. The zero-order valence-electron chi connectivity index (χ0n) is 25.9. The normalized spacial score (nSPS) is 19.8. The minimum Gasteiger partial charge on any atom is -0.493 e. The minimum atomic E-state index is -0.308. The molecule has 3 aliphatic heterocycles. The summed E-state index contributed by atoms with van der Waals surface area (Å²) in [6, 6.07) is 12.3. The van der Waals surface area contributed by atoms with E-state index in [4.69, 9.17) is 14.2 Å². The van der Waals surface area contributed by atoms with Crippen molar-refractivity contribution in [2.75, 3.05) is 66.6 Å². The number of fused-ring (bicyclic) bond motifs is 2. The standard InChI is InChI=1S/C34H48N4O5/c1-41-30-22-27-11-17-38(24-28(27)23-31(30)42-2)25-32(39)35-15-20-37-18-13-34(14-19-37)12-7-3-4-8-26-9-5-6-10-29(26)43-21-16-36-33(34)40/h5-6,9-10,22-23H,3-4,7-8,11-21,24-25H2,1-2H3,(H,35,39)(H,36,40). The third kappa shape index (κ3) is 8.00. The monoisotopic (exact) mass is 592 g/mol. The molecule has 0 aromatic heterocycles. The van der Waals surface area contributed by atoms with E-state index in [9.17, 15) is 9.59 Å². The molecule has 3 heterocycles. The van der Waals surface area contributed by atoms with Crippen LogP contribution in [0.3, 0.4) is 0 Å².